The molecule has 2 heterocycles. The minimum absolute atomic E-state index is 0.0127. The number of nitro benzene ring substituents is 1. The number of hydrogen-bond donors (Lipinski definition) is 1. The number of thioether (sulfide) groups is 1. The Hall–Kier alpha value is -3.83. The number of benzene rings is 2. The van der Waals surface area contributed by atoms with Gasteiger partial charge in [0.15, 0.2) is 5.16 Å². The van der Waals surface area contributed by atoms with Crippen molar-refractivity contribution in [2.24, 2.45) is 5.10 Å². The summed E-state index contributed by atoms with van der Waals surface area (Å²) in [5.74, 6) is -0.400. The van der Waals surface area contributed by atoms with Crippen molar-refractivity contribution in [1.82, 2.24) is 15.0 Å². The van der Waals surface area contributed by atoms with E-state index in [1.54, 1.807) is 28.0 Å². The van der Waals surface area contributed by atoms with E-state index in [0.717, 1.165) is 36.8 Å². The van der Waals surface area contributed by atoms with Crippen LogP contribution in [-0.4, -0.2) is 32.3 Å². The van der Waals surface area contributed by atoms with E-state index < -0.39 is 4.92 Å². The molecule has 1 aliphatic carbocycles. The van der Waals surface area contributed by atoms with Crippen molar-refractivity contribution in [2.45, 2.75) is 37.8 Å². The van der Waals surface area contributed by atoms with Crippen LogP contribution < -0.4 is 11.0 Å². The highest BCUT2D eigenvalue weighted by molar-refractivity contribution is 7.99. The number of carbonyl (C=O) groups excluding carboxylic acids is 1. The first-order chi connectivity index (χ1) is 17.9. The highest BCUT2D eigenvalue weighted by atomic mass is 32.2. The Balaban J connectivity index is 1.40. The topological polar surface area (TPSA) is 119 Å². The number of thiophene rings is 1. The van der Waals surface area contributed by atoms with E-state index in [1.165, 1.54) is 35.0 Å². The number of aryl methyl sites for hydroxylation is 3. The second-order valence-electron chi connectivity index (χ2n) is 8.70. The van der Waals surface area contributed by atoms with Gasteiger partial charge in [-0.25, -0.2) is 10.4 Å². The van der Waals surface area contributed by atoms with Gasteiger partial charge in [-0.1, -0.05) is 41.6 Å². The van der Waals surface area contributed by atoms with Crippen LogP contribution in [0.1, 0.15) is 34.4 Å². The molecule has 0 spiro atoms. The van der Waals surface area contributed by atoms with Gasteiger partial charge in [-0.2, -0.15) is 5.10 Å². The second kappa shape index (κ2) is 10.7. The molecule has 2 aromatic carbocycles. The molecule has 1 aliphatic rings. The summed E-state index contributed by atoms with van der Waals surface area (Å²) in [5.41, 5.74) is 5.65. The maximum absolute atomic E-state index is 13.8. The Morgan fingerprint density at radius 1 is 1.24 bits per heavy atom. The van der Waals surface area contributed by atoms with Crippen LogP contribution in [0.4, 0.5) is 5.69 Å². The summed E-state index contributed by atoms with van der Waals surface area (Å²) in [4.78, 5) is 43.5. The Labute approximate surface area is 220 Å². The lowest BCUT2D eigenvalue weighted by Crippen LogP contribution is -2.24. The number of nitrogens with zero attached hydrogens (tertiary/aromatic N) is 4. The molecule has 0 saturated heterocycles. The number of aromatic nitrogens is 2. The zero-order valence-corrected chi connectivity index (χ0v) is 21.6. The van der Waals surface area contributed by atoms with Gasteiger partial charge in [-0.05, 0) is 50.3 Å². The number of amides is 1. The molecule has 1 N–H and O–H groups in total. The highest BCUT2D eigenvalue weighted by Crippen LogP contribution is 2.35. The molecule has 11 heteroatoms. The molecule has 0 atom stereocenters. The van der Waals surface area contributed by atoms with Crippen molar-refractivity contribution in [2.75, 3.05) is 5.75 Å². The van der Waals surface area contributed by atoms with Crippen LogP contribution in [0.15, 0.2) is 63.6 Å². The highest BCUT2D eigenvalue weighted by Gasteiger charge is 2.23. The molecule has 0 saturated carbocycles. The number of hydrazone groups is 1. The molecule has 0 radical (unpaired) electrons. The first-order valence-corrected chi connectivity index (χ1v) is 13.5. The molecular weight excluding hydrogens is 510 g/mol. The van der Waals surface area contributed by atoms with Crippen molar-refractivity contribution < 1.29 is 9.72 Å². The van der Waals surface area contributed by atoms with Crippen molar-refractivity contribution in [3.63, 3.8) is 0 Å². The van der Waals surface area contributed by atoms with Crippen LogP contribution in [-0.2, 0) is 17.6 Å². The third-order valence-corrected chi connectivity index (χ3v) is 8.19. The van der Waals surface area contributed by atoms with E-state index in [-0.39, 0.29) is 22.9 Å². The number of rotatable bonds is 7. The lowest BCUT2D eigenvalue weighted by atomic mass is 9.97. The van der Waals surface area contributed by atoms with E-state index in [4.69, 9.17) is 4.98 Å². The van der Waals surface area contributed by atoms with Crippen LogP contribution in [0.2, 0.25) is 0 Å². The second-order valence-corrected chi connectivity index (χ2v) is 10.7. The predicted octanol–water partition coefficient (Wildman–Crippen LogP) is 4.79. The maximum atomic E-state index is 13.8. The Morgan fingerprint density at radius 3 is 2.81 bits per heavy atom. The van der Waals surface area contributed by atoms with Gasteiger partial charge in [-0.3, -0.25) is 24.3 Å². The molecule has 9 nitrogen and oxygen atoms in total. The first-order valence-electron chi connectivity index (χ1n) is 11.7. The molecule has 188 valence electrons. The fraction of sp³-hybridized carbons (Fsp3) is 0.231. The zero-order valence-electron chi connectivity index (χ0n) is 20.0. The van der Waals surface area contributed by atoms with Crippen molar-refractivity contribution in [3.8, 4) is 5.69 Å². The quantitative estimate of drug-likeness (QED) is 0.120. The average Bonchev–Trinajstić information content (AvgIpc) is 3.27. The number of nitrogens with one attached hydrogen (secondary N) is 1. The van der Waals surface area contributed by atoms with Gasteiger partial charge in [0.05, 0.1) is 28.0 Å². The minimum atomic E-state index is -0.492. The molecular formula is C26H23N5O4S2. The maximum Gasteiger partial charge on any atom is 0.270 e. The number of carbonyl (C=O) groups is 1. The van der Waals surface area contributed by atoms with Gasteiger partial charge in [0.25, 0.3) is 17.2 Å². The minimum Gasteiger partial charge on any atom is -0.272 e. The summed E-state index contributed by atoms with van der Waals surface area (Å²) in [6.45, 7) is 1.98. The SMILES string of the molecule is Cc1ccc(-n2c(SCC(=O)N/N=C\c3cccc([N+](=O)[O-])c3)nc3sc4c(c3c2=O)CCCC4)cc1. The summed E-state index contributed by atoms with van der Waals surface area (Å²) in [6, 6.07) is 13.6. The molecule has 4 aromatic rings. The van der Waals surface area contributed by atoms with Crippen LogP contribution >= 0.6 is 23.1 Å². The number of non-ortho nitro benzene ring substituents is 1. The summed E-state index contributed by atoms with van der Waals surface area (Å²) < 4.78 is 1.59. The largest absolute Gasteiger partial charge is 0.272 e. The molecule has 0 bridgehead atoms. The normalized spacial score (nSPS) is 13.1. The van der Waals surface area contributed by atoms with E-state index >= 15 is 0 Å². The zero-order chi connectivity index (χ0) is 25.9. The first kappa shape index (κ1) is 24.8. The molecule has 0 unspecified atom stereocenters. The van der Waals surface area contributed by atoms with E-state index in [2.05, 4.69) is 10.5 Å². The van der Waals surface area contributed by atoms with Crippen LogP contribution in [0, 0.1) is 17.0 Å². The molecule has 1 amide bonds. The molecule has 37 heavy (non-hydrogen) atoms. The van der Waals surface area contributed by atoms with Gasteiger partial charge in [-0.15, -0.1) is 11.3 Å². The third kappa shape index (κ3) is 5.32. The fourth-order valence-corrected chi connectivity index (χ4v) is 6.37. The van der Waals surface area contributed by atoms with Gasteiger partial charge in [0.1, 0.15) is 4.83 Å². The van der Waals surface area contributed by atoms with Gasteiger partial charge < -0.3 is 0 Å². The summed E-state index contributed by atoms with van der Waals surface area (Å²) in [5, 5.41) is 16.0. The van der Waals surface area contributed by atoms with E-state index in [1.807, 2.05) is 31.2 Å². The number of nitro groups is 1. The van der Waals surface area contributed by atoms with Gasteiger partial charge in [0.2, 0.25) is 0 Å². The Morgan fingerprint density at radius 2 is 2.03 bits per heavy atom. The standard InChI is InChI=1S/C26H23N5O4S2/c1-16-9-11-18(12-10-16)30-25(33)23-20-7-2-3-8-21(20)37-24(23)28-26(30)36-15-22(32)29-27-14-17-5-4-6-19(13-17)31(34)35/h4-6,9-14H,2-3,7-8,15H2,1H3,(H,29,32)/b27-14-. The van der Waals surface area contributed by atoms with Gasteiger partial charge >= 0.3 is 0 Å². The summed E-state index contributed by atoms with van der Waals surface area (Å²) >= 11 is 2.74. The van der Waals surface area contributed by atoms with E-state index in [9.17, 15) is 19.7 Å². The monoisotopic (exact) mass is 533 g/mol. The molecule has 0 fully saturated rings. The summed E-state index contributed by atoms with van der Waals surface area (Å²) in [7, 11) is 0. The fourth-order valence-electron chi connectivity index (χ4n) is 4.26. The Kier molecular flexibility index (Phi) is 7.15. The van der Waals surface area contributed by atoms with Gasteiger partial charge in [0, 0.05) is 22.6 Å². The molecule has 2 aromatic heterocycles. The number of fused-ring (bicyclic) bond motifs is 3. The predicted molar refractivity (Wildman–Crippen MR) is 146 cm³/mol. The number of hydrogen-bond acceptors (Lipinski definition) is 8. The van der Waals surface area contributed by atoms with Crippen molar-refractivity contribution in [1.29, 1.82) is 0 Å². The van der Waals surface area contributed by atoms with E-state index in [0.29, 0.717) is 26.6 Å². The molecule has 5 rings (SSSR count). The molecule has 0 aliphatic heterocycles. The Bertz CT molecular complexity index is 1590. The lowest BCUT2D eigenvalue weighted by molar-refractivity contribution is -0.384. The smallest absolute Gasteiger partial charge is 0.270 e. The van der Waals surface area contributed by atoms with Crippen LogP contribution in [0.3, 0.4) is 0 Å². The van der Waals surface area contributed by atoms with Crippen molar-refractivity contribution in [3.05, 3.63) is 90.6 Å². The lowest BCUT2D eigenvalue weighted by Gasteiger charge is -2.13. The third-order valence-electron chi connectivity index (χ3n) is 6.07. The van der Waals surface area contributed by atoms with Crippen molar-refractivity contribution >= 4 is 51.1 Å². The van der Waals surface area contributed by atoms with Crippen LogP contribution in [0.25, 0.3) is 15.9 Å². The van der Waals surface area contributed by atoms with Crippen LogP contribution in [0.5, 0.6) is 0 Å². The summed E-state index contributed by atoms with van der Waals surface area (Å²) in [6.07, 6.45) is 5.38. The average molecular weight is 534 g/mol.